The van der Waals surface area contributed by atoms with Crippen LogP contribution in [0.1, 0.15) is 38.7 Å². The summed E-state index contributed by atoms with van der Waals surface area (Å²) in [5, 5.41) is 3.74. The summed E-state index contributed by atoms with van der Waals surface area (Å²) >= 11 is 3.30. The maximum Gasteiger partial charge on any atom is 0.137 e. The molecule has 1 aliphatic carbocycles. The van der Waals surface area contributed by atoms with E-state index < -0.39 is 0 Å². The van der Waals surface area contributed by atoms with Gasteiger partial charge in [-0.15, -0.1) is 0 Å². The zero-order valence-corrected chi connectivity index (χ0v) is 14.4. The number of nitrogens with zero attached hydrogens (tertiary/aromatic N) is 1. The lowest BCUT2D eigenvalue weighted by molar-refractivity contribution is 0.0662. The minimum atomic E-state index is -0.184. The Bertz CT molecular complexity index is 518. The van der Waals surface area contributed by atoms with Crippen LogP contribution >= 0.6 is 15.9 Å². The number of halogens is 2. The Morgan fingerprint density at radius 1 is 1.43 bits per heavy atom. The van der Waals surface area contributed by atoms with Crippen LogP contribution in [0.25, 0.3) is 0 Å². The van der Waals surface area contributed by atoms with Gasteiger partial charge in [-0.1, -0.05) is 13.0 Å². The summed E-state index contributed by atoms with van der Waals surface area (Å²) in [5.74, 6) is 0.666. The Balaban J connectivity index is 1.76. The molecule has 1 saturated heterocycles. The second-order valence-electron chi connectivity index (χ2n) is 6.85. The Kier molecular flexibility index (Phi) is 4.40. The molecule has 4 heteroatoms. The zero-order chi connectivity index (χ0) is 15.0. The van der Waals surface area contributed by atoms with E-state index in [0.29, 0.717) is 10.5 Å². The van der Waals surface area contributed by atoms with E-state index in [9.17, 15) is 4.39 Å². The highest BCUT2D eigenvalue weighted by Gasteiger charge is 2.41. The van der Waals surface area contributed by atoms with Crippen molar-refractivity contribution in [3.8, 4) is 0 Å². The molecule has 1 N–H and O–H groups in total. The lowest BCUT2D eigenvalue weighted by atomic mass is 9.91. The number of hydrogen-bond donors (Lipinski definition) is 1. The first-order chi connectivity index (χ1) is 10.0. The van der Waals surface area contributed by atoms with Crippen LogP contribution in [0.5, 0.6) is 0 Å². The molecule has 0 aromatic heterocycles. The van der Waals surface area contributed by atoms with Crippen LogP contribution in [-0.4, -0.2) is 29.6 Å². The lowest BCUT2D eigenvalue weighted by Gasteiger charge is -2.46. The number of rotatable bonds is 4. The van der Waals surface area contributed by atoms with Crippen molar-refractivity contribution in [2.45, 2.75) is 51.2 Å². The number of piperazine rings is 1. The van der Waals surface area contributed by atoms with Crippen molar-refractivity contribution in [2.75, 3.05) is 13.1 Å². The van der Waals surface area contributed by atoms with Crippen molar-refractivity contribution in [1.82, 2.24) is 10.2 Å². The first-order valence-corrected chi connectivity index (χ1v) is 8.73. The molecule has 21 heavy (non-hydrogen) atoms. The third kappa shape index (κ3) is 3.49. The molecule has 1 aromatic carbocycles. The predicted octanol–water partition coefficient (Wildman–Crippen LogP) is 3.94. The lowest BCUT2D eigenvalue weighted by Crippen LogP contribution is -2.62. The largest absolute Gasteiger partial charge is 0.309 e. The maximum absolute atomic E-state index is 13.4. The maximum atomic E-state index is 13.4. The van der Waals surface area contributed by atoms with Gasteiger partial charge in [0.15, 0.2) is 0 Å². The highest BCUT2D eigenvalue weighted by molar-refractivity contribution is 9.10. The number of benzene rings is 1. The van der Waals surface area contributed by atoms with Gasteiger partial charge in [-0.05, 0) is 65.7 Å². The topological polar surface area (TPSA) is 15.3 Å². The van der Waals surface area contributed by atoms with Crippen LogP contribution in [0.4, 0.5) is 4.39 Å². The van der Waals surface area contributed by atoms with Gasteiger partial charge in [0.2, 0.25) is 0 Å². The Morgan fingerprint density at radius 3 is 2.81 bits per heavy atom. The second kappa shape index (κ2) is 5.98. The average molecular weight is 355 g/mol. The third-order valence-corrected chi connectivity index (χ3v) is 5.68. The van der Waals surface area contributed by atoms with Gasteiger partial charge in [0, 0.05) is 31.2 Å². The fraction of sp³-hybridized carbons (Fsp3) is 0.647. The smallest absolute Gasteiger partial charge is 0.137 e. The molecule has 1 saturated carbocycles. The molecule has 1 aliphatic heterocycles. The molecule has 0 bridgehead atoms. The van der Waals surface area contributed by atoms with Crippen LogP contribution in [0.15, 0.2) is 22.7 Å². The van der Waals surface area contributed by atoms with E-state index in [4.69, 9.17) is 0 Å². The Hall–Kier alpha value is -0.450. The molecule has 2 fully saturated rings. The fourth-order valence-corrected chi connectivity index (χ4v) is 3.76. The molecule has 116 valence electrons. The van der Waals surface area contributed by atoms with Gasteiger partial charge in [-0.2, -0.15) is 0 Å². The number of nitrogens with one attached hydrogen (secondary N) is 1. The van der Waals surface area contributed by atoms with Crippen molar-refractivity contribution in [1.29, 1.82) is 0 Å². The molecular formula is C17H24BrFN2. The summed E-state index contributed by atoms with van der Waals surface area (Å²) in [5.41, 5.74) is 1.39. The molecule has 1 heterocycles. The Labute approximate surface area is 135 Å². The normalized spacial score (nSPS) is 30.6. The highest BCUT2D eigenvalue weighted by Crippen LogP contribution is 2.38. The van der Waals surface area contributed by atoms with E-state index in [0.717, 1.165) is 32.0 Å². The van der Waals surface area contributed by atoms with Gasteiger partial charge >= 0.3 is 0 Å². The molecule has 0 radical (unpaired) electrons. The molecule has 0 amide bonds. The van der Waals surface area contributed by atoms with Crippen molar-refractivity contribution in [3.63, 3.8) is 0 Å². The van der Waals surface area contributed by atoms with Gasteiger partial charge in [-0.3, -0.25) is 4.90 Å². The molecule has 1 aromatic rings. The van der Waals surface area contributed by atoms with E-state index in [1.54, 1.807) is 6.07 Å². The minimum Gasteiger partial charge on any atom is -0.309 e. The standard InChI is InChI=1S/C17H24BrFN2/c1-3-17(2)11-21(16(9-20-17)13-5-6-13)10-12-4-7-15(19)14(18)8-12/h4,7-8,13,16,20H,3,5-6,9-11H2,1-2H3. The first-order valence-electron chi connectivity index (χ1n) is 7.94. The van der Waals surface area contributed by atoms with Gasteiger partial charge < -0.3 is 5.32 Å². The van der Waals surface area contributed by atoms with E-state index in [1.165, 1.54) is 18.4 Å². The summed E-state index contributed by atoms with van der Waals surface area (Å²) in [7, 11) is 0. The van der Waals surface area contributed by atoms with Crippen molar-refractivity contribution in [3.05, 3.63) is 34.1 Å². The summed E-state index contributed by atoms with van der Waals surface area (Å²) in [4.78, 5) is 2.61. The van der Waals surface area contributed by atoms with E-state index in [2.05, 4.69) is 40.0 Å². The second-order valence-corrected chi connectivity index (χ2v) is 7.71. The van der Waals surface area contributed by atoms with E-state index >= 15 is 0 Å². The van der Waals surface area contributed by atoms with Crippen molar-refractivity contribution < 1.29 is 4.39 Å². The summed E-state index contributed by atoms with van der Waals surface area (Å²) in [6, 6.07) is 6.03. The fourth-order valence-electron chi connectivity index (χ4n) is 3.33. The van der Waals surface area contributed by atoms with E-state index in [-0.39, 0.29) is 11.4 Å². The zero-order valence-electron chi connectivity index (χ0n) is 12.8. The number of hydrogen-bond acceptors (Lipinski definition) is 2. The van der Waals surface area contributed by atoms with Crippen molar-refractivity contribution >= 4 is 15.9 Å². The summed E-state index contributed by atoms with van der Waals surface area (Å²) in [6.07, 6.45) is 3.85. The van der Waals surface area contributed by atoms with Gasteiger partial charge in [-0.25, -0.2) is 4.39 Å². The first kappa shape index (κ1) is 15.4. The third-order valence-electron chi connectivity index (χ3n) is 5.08. The SMILES string of the molecule is CCC1(C)CN(Cc2ccc(F)c(Br)c2)C(C2CC2)CN1. The average Bonchev–Trinajstić information content (AvgIpc) is 3.28. The van der Waals surface area contributed by atoms with Gasteiger partial charge in [0.1, 0.15) is 5.82 Å². The predicted molar refractivity (Wildman–Crippen MR) is 87.7 cm³/mol. The molecular weight excluding hydrogens is 331 g/mol. The van der Waals surface area contributed by atoms with E-state index in [1.807, 2.05) is 12.1 Å². The van der Waals surface area contributed by atoms with Crippen molar-refractivity contribution in [2.24, 2.45) is 5.92 Å². The molecule has 2 nitrogen and oxygen atoms in total. The molecule has 0 spiro atoms. The summed E-state index contributed by atoms with van der Waals surface area (Å²) < 4.78 is 14.0. The minimum absolute atomic E-state index is 0.184. The van der Waals surface area contributed by atoms with Crippen LogP contribution in [0.2, 0.25) is 0 Å². The van der Waals surface area contributed by atoms with Gasteiger partial charge in [0.05, 0.1) is 4.47 Å². The highest BCUT2D eigenvalue weighted by atomic mass is 79.9. The molecule has 2 unspecified atom stereocenters. The molecule has 2 aliphatic rings. The molecule has 2 atom stereocenters. The van der Waals surface area contributed by atoms with Crippen LogP contribution < -0.4 is 5.32 Å². The van der Waals surface area contributed by atoms with Crippen LogP contribution in [0, 0.1) is 11.7 Å². The monoisotopic (exact) mass is 354 g/mol. The quantitative estimate of drug-likeness (QED) is 0.880. The Morgan fingerprint density at radius 2 is 2.19 bits per heavy atom. The van der Waals surface area contributed by atoms with Crippen LogP contribution in [0.3, 0.4) is 0 Å². The van der Waals surface area contributed by atoms with Crippen LogP contribution in [-0.2, 0) is 6.54 Å². The van der Waals surface area contributed by atoms with Gasteiger partial charge in [0.25, 0.3) is 0 Å². The molecule has 3 rings (SSSR count). The summed E-state index contributed by atoms with van der Waals surface area (Å²) in [6.45, 7) is 7.62.